The van der Waals surface area contributed by atoms with E-state index in [1.54, 1.807) is 33.9 Å². The maximum atomic E-state index is 15.8. The zero-order chi connectivity index (χ0) is 65.2. The van der Waals surface area contributed by atoms with Crippen LogP contribution in [0.4, 0.5) is 26.3 Å². The number of hydrogen-bond acceptors (Lipinski definition) is 5. The first-order valence-corrected chi connectivity index (χ1v) is 30.9. The highest BCUT2D eigenvalue weighted by Gasteiger charge is 2.42. The number of nitriles is 1. The van der Waals surface area contributed by atoms with Crippen LogP contribution < -0.4 is 0 Å². The molecule has 0 bridgehead atoms. The van der Waals surface area contributed by atoms with Gasteiger partial charge in [0.25, 0.3) is 0 Å². The van der Waals surface area contributed by atoms with Crippen LogP contribution in [-0.2, 0) is 12.4 Å². The molecular formula is C83H49F6N7. The normalized spacial score (nSPS) is 11.8. The lowest BCUT2D eigenvalue weighted by molar-refractivity contribution is -0.142. The van der Waals surface area contributed by atoms with Crippen molar-refractivity contribution in [3.05, 3.63) is 314 Å². The van der Waals surface area contributed by atoms with E-state index in [2.05, 4.69) is 6.07 Å². The fraction of sp³-hybridized carbons (Fsp3) is 0.0241. The molecular weight excluding hydrogens is 1210 g/mol. The van der Waals surface area contributed by atoms with Gasteiger partial charge < -0.3 is 9.13 Å². The molecule has 0 spiro atoms. The van der Waals surface area contributed by atoms with Crippen LogP contribution in [0.5, 0.6) is 0 Å². The molecule has 0 atom stereocenters. The average molecular weight is 1260 g/mol. The molecule has 7 nitrogen and oxygen atoms in total. The fourth-order valence-electron chi connectivity index (χ4n) is 13.7. The Morgan fingerprint density at radius 3 is 0.823 bits per heavy atom. The van der Waals surface area contributed by atoms with E-state index < -0.39 is 34.6 Å². The fourth-order valence-corrected chi connectivity index (χ4v) is 13.7. The van der Waals surface area contributed by atoms with Crippen LogP contribution in [0, 0.1) is 11.3 Å². The van der Waals surface area contributed by atoms with E-state index in [0.29, 0.717) is 55.7 Å². The van der Waals surface area contributed by atoms with Crippen molar-refractivity contribution in [2.24, 2.45) is 0 Å². The number of pyridine rings is 4. The molecule has 0 saturated heterocycles. The van der Waals surface area contributed by atoms with Crippen LogP contribution in [0.3, 0.4) is 0 Å². The predicted octanol–water partition coefficient (Wildman–Crippen LogP) is 22.4. The van der Waals surface area contributed by atoms with E-state index in [1.807, 2.05) is 243 Å². The van der Waals surface area contributed by atoms with Crippen molar-refractivity contribution in [3.63, 3.8) is 0 Å². The molecule has 0 amide bonds. The lowest BCUT2D eigenvalue weighted by Gasteiger charge is -2.22. The third-order valence-electron chi connectivity index (χ3n) is 17.8. The standard InChI is InChI=1S/C83H49F6N7/c84-82(85,86)69-30-13-31-70(83(87,88)89)77(69)59-48-75(95-71-36-32-55(60-26-14-40-91-78(60)51-18-5-1-6-19-51)44-64(71)65-45-56(33-37-72(65)95)61-27-15-41-92-79(61)52-20-7-2-8-21-52)68(50-90)76(49-59)96-73-38-34-57(62-28-16-42-93-80(62)53-22-9-3-10-23-53)46-66(73)67-47-58(35-39-74(67)96)63-29-17-43-94-81(63)54-24-11-4-12-25-54/h1-49H. The largest absolute Gasteiger partial charge is 0.417 e. The molecule has 0 aliphatic carbocycles. The lowest BCUT2D eigenvalue weighted by Crippen LogP contribution is -2.15. The monoisotopic (exact) mass is 1260 g/mol. The van der Waals surface area contributed by atoms with Crippen LogP contribution in [0.15, 0.2) is 298 Å². The number of nitrogens with zero attached hydrogens (tertiary/aromatic N) is 7. The molecule has 0 aliphatic rings. The van der Waals surface area contributed by atoms with E-state index in [4.69, 9.17) is 19.9 Å². The molecule has 16 rings (SSSR count). The van der Waals surface area contributed by atoms with Gasteiger partial charge in [-0.15, -0.1) is 0 Å². The Balaban J connectivity index is 1.02. The molecule has 0 N–H and O–H groups in total. The Bertz CT molecular complexity index is 5140. The second-order valence-corrected chi connectivity index (χ2v) is 23.4. The van der Waals surface area contributed by atoms with Gasteiger partial charge in [-0.1, -0.05) is 176 Å². The highest BCUT2D eigenvalue weighted by molar-refractivity contribution is 6.14. The Hall–Kier alpha value is -12.5. The molecule has 458 valence electrons. The smallest absolute Gasteiger partial charge is 0.308 e. The number of halogens is 6. The van der Waals surface area contributed by atoms with Crippen molar-refractivity contribution < 1.29 is 26.3 Å². The Kier molecular flexibility index (Phi) is 14.4. The van der Waals surface area contributed by atoms with Crippen LogP contribution >= 0.6 is 0 Å². The van der Waals surface area contributed by atoms with Crippen molar-refractivity contribution in [1.29, 1.82) is 5.26 Å². The first kappa shape index (κ1) is 58.5. The van der Waals surface area contributed by atoms with Crippen LogP contribution in [0.1, 0.15) is 16.7 Å². The third kappa shape index (κ3) is 10.2. The zero-order valence-electron chi connectivity index (χ0n) is 50.7. The Morgan fingerprint density at radius 2 is 0.562 bits per heavy atom. The number of aromatic nitrogens is 6. The Morgan fingerprint density at radius 1 is 0.281 bits per heavy atom. The maximum absolute atomic E-state index is 15.8. The summed E-state index contributed by atoms with van der Waals surface area (Å²) in [5, 5.41) is 14.9. The lowest BCUT2D eigenvalue weighted by atomic mass is 9.91. The average Bonchev–Trinajstić information content (AvgIpc) is 1.46. The van der Waals surface area contributed by atoms with Gasteiger partial charge in [0.1, 0.15) is 11.6 Å². The van der Waals surface area contributed by atoms with Crippen molar-refractivity contribution in [1.82, 2.24) is 29.1 Å². The predicted molar refractivity (Wildman–Crippen MR) is 370 cm³/mol. The first-order chi connectivity index (χ1) is 46.9. The third-order valence-corrected chi connectivity index (χ3v) is 17.8. The second-order valence-electron chi connectivity index (χ2n) is 23.4. The van der Waals surface area contributed by atoms with Crippen molar-refractivity contribution in [2.75, 3.05) is 0 Å². The molecule has 0 radical (unpaired) electrons. The summed E-state index contributed by atoms with van der Waals surface area (Å²) in [5.41, 5.74) is 10.3. The summed E-state index contributed by atoms with van der Waals surface area (Å²) in [5.74, 6) is 0. The summed E-state index contributed by atoms with van der Waals surface area (Å²) in [6.07, 6.45) is -3.61. The highest BCUT2D eigenvalue weighted by Crippen LogP contribution is 2.50. The minimum atomic E-state index is -5.27. The van der Waals surface area contributed by atoms with Crippen LogP contribution in [-0.4, -0.2) is 29.1 Å². The van der Waals surface area contributed by atoms with Crippen LogP contribution in [0.25, 0.3) is 156 Å². The van der Waals surface area contributed by atoms with Crippen molar-refractivity contribution in [3.8, 4) is 118 Å². The van der Waals surface area contributed by atoms with Gasteiger partial charge >= 0.3 is 12.4 Å². The number of alkyl halides is 6. The summed E-state index contributed by atoms with van der Waals surface area (Å²) in [6, 6.07) is 85.1. The molecule has 0 aliphatic heterocycles. The van der Waals surface area contributed by atoms with E-state index in [1.165, 1.54) is 12.1 Å². The van der Waals surface area contributed by atoms with Gasteiger partial charge in [0, 0.05) is 96.4 Å². The number of rotatable bonds is 11. The van der Waals surface area contributed by atoms with E-state index in [0.717, 1.165) is 95.6 Å². The summed E-state index contributed by atoms with van der Waals surface area (Å²) >= 11 is 0. The molecule has 6 aromatic heterocycles. The maximum Gasteiger partial charge on any atom is 0.417 e. The van der Waals surface area contributed by atoms with Crippen LogP contribution in [0.2, 0.25) is 0 Å². The van der Waals surface area contributed by atoms with Gasteiger partial charge in [0.15, 0.2) is 0 Å². The van der Waals surface area contributed by atoms with Gasteiger partial charge in [-0.3, -0.25) is 19.9 Å². The molecule has 16 aromatic rings. The molecule has 6 heterocycles. The van der Waals surface area contributed by atoms with E-state index in [-0.39, 0.29) is 16.9 Å². The topological polar surface area (TPSA) is 85.2 Å². The van der Waals surface area contributed by atoms with E-state index >= 15 is 26.3 Å². The zero-order valence-corrected chi connectivity index (χ0v) is 50.7. The van der Waals surface area contributed by atoms with Crippen molar-refractivity contribution in [2.45, 2.75) is 12.4 Å². The molecule has 0 unspecified atom stereocenters. The first-order valence-electron chi connectivity index (χ1n) is 30.9. The summed E-state index contributed by atoms with van der Waals surface area (Å²) in [7, 11) is 0. The minimum Gasteiger partial charge on any atom is -0.308 e. The van der Waals surface area contributed by atoms with E-state index in [9.17, 15) is 5.26 Å². The van der Waals surface area contributed by atoms with Gasteiger partial charge in [-0.25, -0.2) is 0 Å². The molecule has 0 fully saturated rings. The van der Waals surface area contributed by atoms with Crippen molar-refractivity contribution >= 4 is 43.6 Å². The molecule has 0 saturated carbocycles. The van der Waals surface area contributed by atoms with Gasteiger partial charge in [-0.2, -0.15) is 31.6 Å². The number of fused-ring (bicyclic) bond motifs is 6. The van der Waals surface area contributed by atoms with Gasteiger partial charge in [0.2, 0.25) is 0 Å². The highest BCUT2D eigenvalue weighted by atomic mass is 19.4. The Labute approximate surface area is 546 Å². The quantitative estimate of drug-likeness (QED) is 0.120. The number of hydrogen-bond donors (Lipinski definition) is 0. The van der Waals surface area contributed by atoms with Gasteiger partial charge in [-0.05, 0) is 125 Å². The van der Waals surface area contributed by atoms with Gasteiger partial charge in [0.05, 0.1) is 67.3 Å². The molecule has 96 heavy (non-hydrogen) atoms. The SMILES string of the molecule is N#Cc1c(-n2c3ccc(-c4cccnc4-c4ccccc4)cc3c3cc(-c4cccnc4-c4ccccc4)ccc32)cc(-c2c(C(F)(F)F)cccc2C(F)(F)F)cc1-n1c2ccc(-c3cccnc3-c3ccccc3)cc2c2cc(-c3cccnc3-c3ccccc3)ccc21. The minimum absolute atomic E-state index is 0.0299. The molecule has 13 heteroatoms. The summed E-state index contributed by atoms with van der Waals surface area (Å²) in [6.45, 7) is 0. The molecule has 10 aromatic carbocycles. The summed E-state index contributed by atoms with van der Waals surface area (Å²) < 4.78 is 98.6. The summed E-state index contributed by atoms with van der Waals surface area (Å²) in [4.78, 5) is 19.4. The number of benzene rings is 10. The second kappa shape index (κ2) is 23.5.